The number of nitrogens with one attached hydrogen (secondary N) is 1. The van der Waals surface area contributed by atoms with E-state index in [4.69, 9.17) is 9.47 Å². The first-order valence-corrected chi connectivity index (χ1v) is 15.5. The van der Waals surface area contributed by atoms with Gasteiger partial charge in [0.15, 0.2) is 0 Å². The van der Waals surface area contributed by atoms with E-state index < -0.39 is 0 Å². The minimum Gasteiger partial charge on any atom is -0.497 e. The van der Waals surface area contributed by atoms with Crippen molar-refractivity contribution in [2.45, 2.75) is 95.8 Å². The summed E-state index contributed by atoms with van der Waals surface area (Å²) < 4.78 is 11.1. The zero-order valence-electron chi connectivity index (χ0n) is 23.1. The Balaban J connectivity index is 1.27. The van der Waals surface area contributed by atoms with Crippen molar-refractivity contribution >= 4 is 28.2 Å². The van der Waals surface area contributed by atoms with E-state index in [9.17, 15) is 9.59 Å². The molecule has 0 saturated heterocycles. The van der Waals surface area contributed by atoms with E-state index in [2.05, 4.69) is 30.4 Å². The maximum absolute atomic E-state index is 13.4. The molecule has 1 aromatic carbocycles. The largest absolute Gasteiger partial charge is 0.497 e. The number of hydrogen-bond acceptors (Lipinski definition) is 5. The van der Waals surface area contributed by atoms with E-state index in [1.807, 2.05) is 6.92 Å². The van der Waals surface area contributed by atoms with Crippen molar-refractivity contribution in [2.24, 2.45) is 17.8 Å². The minimum absolute atomic E-state index is 0.0344. The SMILES string of the molecule is CCOC(=O)c1c(NC(=O)CCC2CCCC2)sc2c1[C@]1(C)CC[C@@H]3c4ccc(OC)cc4CC[C@@H]3[C@H]1C2. The molecule has 4 atom stereocenters. The Morgan fingerprint density at radius 1 is 1.16 bits per heavy atom. The molecule has 2 aromatic rings. The van der Waals surface area contributed by atoms with Crippen LogP contribution in [-0.4, -0.2) is 25.6 Å². The van der Waals surface area contributed by atoms with Gasteiger partial charge in [-0.15, -0.1) is 11.3 Å². The van der Waals surface area contributed by atoms with Crippen molar-refractivity contribution in [3.05, 3.63) is 45.3 Å². The number of aryl methyl sites for hydroxylation is 1. The van der Waals surface area contributed by atoms with Crippen LogP contribution in [0, 0.1) is 17.8 Å². The lowest BCUT2D eigenvalue weighted by atomic mass is 9.54. The van der Waals surface area contributed by atoms with E-state index in [1.54, 1.807) is 18.4 Å². The predicted molar refractivity (Wildman–Crippen MR) is 151 cm³/mol. The Morgan fingerprint density at radius 2 is 1.97 bits per heavy atom. The molecule has 0 spiro atoms. The molecular weight excluding hydrogens is 494 g/mol. The Labute approximate surface area is 230 Å². The number of esters is 1. The molecule has 2 fully saturated rings. The monoisotopic (exact) mass is 535 g/mol. The van der Waals surface area contributed by atoms with Gasteiger partial charge >= 0.3 is 5.97 Å². The fourth-order valence-electron chi connectivity index (χ4n) is 8.43. The molecule has 1 amide bonds. The summed E-state index contributed by atoms with van der Waals surface area (Å²) in [7, 11) is 1.74. The van der Waals surface area contributed by atoms with Crippen LogP contribution in [0.3, 0.4) is 0 Å². The molecule has 6 heteroatoms. The van der Waals surface area contributed by atoms with Crippen molar-refractivity contribution in [1.82, 2.24) is 0 Å². The van der Waals surface area contributed by atoms with E-state index in [1.165, 1.54) is 53.7 Å². The molecule has 204 valence electrons. The van der Waals surface area contributed by atoms with Crippen LogP contribution < -0.4 is 10.1 Å². The minimum atomic E-state index is -0.277. The number of carbonyl (C=O) groups excluding carboxylic acids is 2. The second-order valence-corrected chi connectivity index (χ2v) is 13.3. The summed E-state index contributed by atoms with van der Waals surface area (Å²) in [5, 5.41) is 3.88. The van der Waals surface area contributed by atoms with Crippen LogP contribution in [0.2, 0.25) is 0 Å². The molecule has 5 nitrogen and oxygen atoms in total. The van der Waals surface area contributed by atoms with Crippen LogP contribution in [0.1, 0.15) is 109 Å². The number of anilines is 1. The number of thiophene rings is 1. The third-order valence-corrected chi connectivity index (χ3v) is 11.4. The zero-order valence-corrected chi connectivity index (χ0v) is 23.9. The topological polar surface area (TPSA) is 64.6 Å². The quantitative estimate of drug-likeness (QED) is 0.375. The van der Waals surface area contributed by atoms with Crippen LogP contribution in [0.15, 0.2) is 18.2 Å². The molecule has 1 N–H and O–H groups in total. The lowest BCUT2D eigenvalue weighted by molar-refractivity contribution is -0.116. The molecule has 0 bridgehead atoms. The highest BCUT2D eigenvalue weighted by Crippen LogP contribution is 2.63. The summed E-state index contributed by atoms with van der Waals surface area (Å²) >= 11 is 1.63. The number of methoxy groups -OCH3 is 1. The van der Waals surface area contributed by atoms with Gasteiger partial charge in [-0.1, -0.05) is 38.7 Å². The summed E-state index contributed by atoms with van der Waals surface area (Å²) in [5.41, 5.74) is 4.70. The summed E-state index contributed by atoms with van der Waals surface area (Å²) in [6.07, 6.45) is 12.0. The lowest BCUT2D eigenvalue weighted by Gasteiger charge is -2.49. The van der Waals surface area contributed by atoms with Gasteiger partial charge in [0, 0.05) is 11.3 Å². The van der Waals surface area contributed by atoms with E-state index in [0.29, 0.717) is 47.3 Å². The first-order valence-electron chi connectivity index (χ1n) is 14.7. The fraction of sp³-hybridized carbons (Fsp3) is 0.625. The highest BCUT2D eigenvalue weighted by molar-refractivity contribution is 7.17. The average Bonchev–Trinajstić information content (AvgIpc) is 3.62. The zero-order chi connectivity index (χ0) is 26.4. The molecule has 38 heavy (non-hydrogen) atoms. The number of fused-ring (bicyclic) bond motifs is 7. The van der Waals surface area contributed by atoms with E-state index in [0.717, 1.165) is 37.9 Å². The Kier molecular flexibility index (Phi) is 7.04. The summed E-state index contributed by atoms with van der Waals surface area (Å²) in [5.74, 6) is 3.07. The van der Waals surface area contributed by atoms with Gasteiger partial charge in [0.2, 0.25) is 5.91 Å². The maximum atomic E-state index is 13.4. The molecular formula is C32H41NO4S. The predicted octanol–water partition coefficient (Wildman–Crippen LogP) is 7.41. The molecule has 0 aliphatic heterocycles. The average molecular weight is 536 g/mol. The molecule has 0 radical (unpaired) electrons. The molecule has 1 heterocycles. The molecule has 4 aliphatic rings. The maximum Gasteiger partial charge on any atom is 0.341 e. The Hall–Kier alpha value is -2.34. The smallest absolute Gasteiger partial charge is 0.341 e. The van der Waals surface area contributed by atoms with Crippen LogP contribution in [-0.2, 0) is 27.8 Å². The van der Waals surface area contributed by atoms with Gasteiger partial charge in [-0.2, -0.15) is 0 Å². The van der Waals surface area contributed by atoms with Crippen LogP contribution >= 0.6 is 11.3 Å². The third-order valence-electron chi connectivity index (χ3n) is 10.3. The summed E-state index contributed by atoms with van der Waals surface area (Å²) in [6.45, 7) is 4.57. The van der Waals surface area contributed by atoms with Crippen LogP contribution in [0.25, 0.3) is 0 Å². The van der Waals surface area contributed by atoms with Gasteiger partial charge in [-0.3, -0.25) is 4.79 Å². The summed E-state index contributed by atoms with van der Waals surface area (Å²) in [4.78, 5) is 27.6. The second-order valence-electron chi connectivity index (χ2n) is 12.2. The number of benzene rings is 1. The van der Waals surface area contributed by atoms with Gasteiger partial charge in [0.25, 0.3) is 0 Å². The number of amides is 1. The number of rotatable bonds is 7. The first-order chi connectivity index (χ1) is 18.4. The lowest BCUT2D eigenvalue weighted by Crippen LogP contribution is -2.43. The van der Waals surface area contributed by atoms with Crippen molar-refractivity contribution in [1.29, 1.82) is 0 Å². The van der Waals surface area contributed by atoms with Gasteiger partial charge in [0.05, 0.1) is 19.3 Å². The van der Waals surface area contributed by atoms with Crippen molar-refractivity contribution in [3.63, 3.8) is 0 Å². The molecule has 1 aromatic heterocycles. The molecule has 6 rings (SSSR count). The third kappa shape index (κ3) is 4.37. The van der Waals surface area contributed by atoms with Crippen LogP contribution in [0.4, 0.5) is 5.00 Å². The van der Waals surface area contributed by atoms with E-state index >= 15 is 0 Å². The molecule has 2 saturated carbocycles. The van der Waals surface area contributed by atoms with Gasteiger partial charge in [-0.05, 0) is 103 Å². The van der Waals surface area contributed by atoms with Crippen molar-refractivity contribution in [3.8, 4) is 5.75 Å². The highest BCUT2D eigenvalue weighted by atomic mass is 32.1. The fourth-order valence-corrected chi connectivity index (χ4v) is 9.83. The summed E-state index contributed by atoms with van der Waals surface area (Å²) in [6, 6.07) is 6.63. The number of ether oxygens (including phenoxy) is 2. The Bertz CT molecular complexity index is 1230. The van der Waals surface area contributed by atoms with Crippen LogP contribution in [0.5, 0.6) is 5.75 Å². The second kappa shape index (κ2) is 10.3. The standard InChI is InChI=1S/C32H41NO4S/c1-4-37-31(35)28-29-26(38-30(28)33-27(34)14-9-19-7-5-6-8-19)18-25-24-12-10-20-17-21(36-3)11-13-22(20)23(24)15-16-32(25,29)2/h11,13,17,19,23-25H,4-10,12,14-16,18H2,1-3H3,(H,33,34)/t23-,24+,25-,32-/m1/s1. The normalized spacial score (nSPS) is 27.7. The van der Waals surface area contributed by atoms with Gasteiger partial charge in [0.1, 0.15) is 10.8 Å². The number of carbonyl (C=O) groups is 2. The Morgan fingerprint density at radius 3 is 2.74 bits per heavy atom. The van der Waals surface area contributed by atoms with Crippen molar-refractivity contribution in [2.75, 3.05) is 19.0 Å². The van der Waals surface area contributed by atoms with E-state index in [-0.39, 0.29) is 17.3 Å². The molecule has 4 aliphatic carbocycles. The molecule has 0 unspecified atom stereocenters. The van der Waals surface area contributed by atoms with Crippen molar-refractivity contribution < 1.29 is 19.1 Å². The number of hydrogen-bond donors (Lipinski definition) is 1. The van der Waals surface area contributed by atoms with Gasteiger partial charge < -0.3 is 14.8 Å². The van der Waals surface area contributed by atoms with Gasteiger partial charge in [-0.25, -0.2) is 4.79 Å². The highest BCUT2D eigenvalue weighted by Gasteiger charge is 2.55. The first kappa shape index (κ1) is 25.9.